The molecule has 0 bridgehead atoms. The average molecular weight is 518 g/mol. The second-order valence-corrected chi connectivity index (χ2v) is 10.8. The SMILES string of the molecule is NCC1CCC(C(=O)N[C@H](C(=O)NC2CCCCC2)C(=O)c2ccc(CC(=O)c3ccccc3)cc2)CC1. The molecule has 2 aliphatic carbocycles. The van der Waals surface area contributed by atoms with Crippen molar-refractivity contribution in [2.24, 2.45) is 17.6 Å². The number of Topliss-reactive ketones (excluding diaryl/α,β-unsaturated/α-hetero) is 2. The van der Waals surface area contributed by atoms with Crippen LogP contribution >= 0.6 is 0 Å². The van der Waals surface area contributed by atoms with Gasteiger partial charge >= 0.3 is 0 Å². The summed E-state index contributed by atoms with van der Waals surface area (Å²) in [5.74, 6) is -0.938. The van der Waals surface area contributed by atoms with Crippen molar-refractivity contribution in [3.05, 3.63) is 71.3 Å². The van der Waals surface area contributed by atoms with Crippen LogP contribution in [0.3, 0.4) is 0 Å². The van der Waals surface area contributed by atoms with Crippen molar-refractivity contribution in [1.29, 1.82) is 0 Å². The fraction of sp³-hybridized carbons (Fsp3) is 0.484. The van der Waals surface area contributed by atoms with Gasteiger partial charge in [0.25, 0.3) is 5.91 Å². The molecule has 1 atom stereocenters. The molecule has 4 N–H and O–H groups in total. The van der Waals surface area contributed by atoms with Crippen LogP contribution in [0.1, 0.15) is 84.1 Å². The van der Waals surface area contributed by atoms with Gasteiger partial charge < -0.3 is 16.4 Å². The van der Waals surface area contributed by atoms with E-state index in [1.165, 1.54) is 0 Å². The molecule has 2 fully saturated rings. The van der Waals surface area contributed by atoms with Crippen molar-refractivity contribution in [3.63, 3.8) is 0 Å². The van der Waals surface area contributed by atoms with Crippen molar-refractivity contribution in [1.82, 2.24) is 10.6 Å². The number of ketones is 2. The Hall–Kier alpha value is -3.32. The molecule has 2 amide bonds. The Bertz CT molecular complexity index is 1100. The summed E-state index contributed by atoms with van der Waals surface area (Å²) in [5.41, 5.74) is 7.53. The predicted molar refractivity (Wildman–Crippen MR) is 147 cm³/mol. The first kappa shape index (κ1) is 27.7. The number of hydrogen-bond donors (Lipinski definition) is 3. The third kappa shape index (κ3) is 7.38. The van der Waals surface area contributed by atoms with Gasteiger partial charge in [-0.05, 0) is 56.6 Å². The molecular weight excluding hydrogens is 478 g/mol. The zero-order valence-corrected chi connectivity index (χ0v) is 22.0. The summed E-state index contributed by atoms with van der Waals surface area (Å²) in [5, 5.41) is 5.80. The lowest BCUT2D eigenvalue weighted by Crippen LogP contribution is -2.55. The molecule has 202 valence electrons. The predicted octanol–water partition coefficient (Wildman–Crippen LogP) is 3.99. The second-order valence-electron chi connectivity index (χ2n) is 10.8. The maximum absolute atomic E-state index is 13.5. The van der Waals surface area contributed by atoms with E-state index in [1.54, 1.807) is 36.4 Å². The zero-order valence-electron chi connectivity index (χ0n) is 22.0. The Kier molecular flexibility index (Phi) is 9.82. The van der Waals surface area contributed by atoms with Gasteiger partial charge in [-0.1, -0.05) is 73.9 Å². The molecule has 0 aliphatic heterocycles. The molecule has 7 heteroatoms. The summed E-state index contributed by atoms with van der Waals surface area (Å²) < 4.78 is 0. The van der Waals surface area contributed by atoms with Gasteiger partial charge in [0, 0.05) is 29.5 Å². The van der Waals surface area contributed by atoms with Gasteiger partial charge in [0.05, 0.1) is 0 Å². The first-order valence-corrected chi connectivity index (χ1v) is 14.0. The Labute approximate surface area is 224 Å². The fourth-order valence-electron chi connectivity index (χ4n) is 5.57. The quantitative estimate of drug-likeness (QED) is 0.325. The molecule has 2 aliphatic rings. The van der Waals surface area contributed by atoms with Gasteiger partial charge in [-0.3, -0.25) is 19.2 Å². The second kappa shape index (κ2) is 13.5. The van der Waals surface area contributed by atoms with E-state index in [-0.39, 0.29) is 30.1 Å². The van der Waals surface area contributed by atoms with Crippen molar-refractivity contribution < 1.29 is 19.2 Å². The van der Waals surface area contributed by atoms with E-state index in [4.69, 9.17) is 5.73 Å². The molecule has 2 aromatic carbocycles. The fourth-order valence-corrected chi connectivity index (χ4v) is 5.57. The number of carbonyl (C=O) groups is 4. The van der Waals surface area contributed by atoms with E-state index < -0.39 is 17.7 Å². The molecule has 0 radical (unpaired) electrons. The van der Waals surface area contributed by atoms with Crippen molar-refractivity contribution in [3.8, 4) is 0 Å². The molecule has 0 unspecified atom stereocenters. The molecule has 2 aromatic rings. The van der Waals surface area contributed by atoms with Crippen LogP contribution in [0.2, 0.25) is 0 Å². The lowest BCUT2D eigenvalue weighted by Gasteiger charge is -2.29. The summed E-state index contributed by atoms with van der Waals surface area (Å²) in [7, 11) is 0. The van der Waals surface area contributed by atoms with Gasteiger partial charge in [0.15, 0.2) is 17.6 Å². The minimum atomic E-state index is -1.28. The smallest absolute Gasteiger partial charge is 0.250 e. The summed E-state index contributed by atoms with van der Waals surface area (Å²) >= 11 is 0. The van der Waals surface area contributed by atoms with Gasteiger partial charge in [-0.25, -0.2) is 0 Å². The lowest BCUT2D eigenvalue weighted by atomic mass is 9.81. The molecule has 2 saturated carbocycles. The first-order valence-electron chi connectivity index (χ1n) is 14.0. The third-order valence-electron chi connectivity index (χ3n) is 8.01. The Morgan fingerprint density at radius 1 is 0.789 bits per heavy atom. The minimum absolute atomic E-state index is 0.00830. The van der Waals surface area contributed by atoms with Gasteiger partial charge in [-0.2, -0.15) is 0 Å². The van der Waals surface area contributed by atoms with Gasteiger partial charge in [0.2, 0.25) is 5.91 Å². The summed E-state index contributed by atoms with van der Waals surface area (Å²) in [6.07, 6.45) is 8.40. The number of carbonyl (C=O) groups excluding carboxylic acids is 4. The van der Waals surface area contributed by atoms with Crippen LogP contribution < -0.4 is 16.4 Å². The number of rotatable bonds is 10. The Balaban J connectivity index is 1.45. The highest BCUT2D eigenvalue weighted by Gasteiger charge is 2.34. The number of nitrogens with two attached hydrogens (primary N) is 1. The maximum atomic E-state index is 13.5. The summed E-state index contributed by atoms with van der Waals surface area (Å²) in [4.78, 5) is 52.5. The molecule has 0 spiro atoms. The van der Waals surface area contributed by atoms with E-state index in [1.807, 2.05) is 18.2 Å². The molecule has 0 saturated heterocycles. The van der Waals surface area contributed by atoms with Crippen LogP contribution in [0.25, 0.3) is 0 Å². The molecule has 7 nitrogen and oxygen atoms in total. The topological polar surface area (TPSA) is 118 Å². The molecular formula is C31H39N3O4. The van der Waals surface area contributed by atoms with Crippen molar-refractivity contribution in [2.75, 3.05) is 6.54 Å². The Morgan fingerprint density at radius 3 is 2.08 bits per heavy atom. The third-order valence-corrected chi connectivity index (χ3v) is 8.01. The highest BCUT2D eigenvalue weighted by molar-refractivity contribution is 6.15. The number of benzene rings is 2. The van der Waals surface area contributed by atoms with Crippen LogP contribution in [-0.4, -0.2) is 42.0 Å². The maximum Gasteiger partial charge on any atom is 0.250 e. The van der Waals surface area contributed by atoms with Crippen LogP contribution in [0, 0.1) is 11.8 Å². The highest BCUT2D eigenvalue weighted by atomic mass is 16.2. The van der Waals surface area contributed by atoms with Gasteiger partial charge in [0.1, 0.15) is 0 Å². The first-order chi connectivity index (χ1) is 18.4. The van der Waals surface area contributed by atoms with Crippen LogP contribution in [0.5, 0.6) is 0 Å². The minimum Gasteiger partial charge on any atom is -0.351 e. The van der Waals surface area contributed by atoms with Gasteiger partial charge in [-0.15, -0.1) is 0 Å². The Morgan fingerprint density at radius 2 is 1.45 bits per heavy atom. The average Bonchev–Trinajstić information content (AvgIpc) is 2.96. The molecule has 4 rings (SSSR count). The van der Waals surface area contributed by atoms with E-state index in [9.17, 15) is 19.2 Å². The van der Waals surface area contributed by atoms with Crippen LogP contribution in [-0.2, 0) is 16.0 Å². The van der Waals surface area contributed by atoms with E-state index in [0.717, 1.165) is 50.5 Å². The van der Waals surface area contributed by atoms with Crippen LogP contribution in [0.4, 0.5) is 0 Å². The monoisotopic (exact) mass is 517 g/mol. The summed E-state index contributed by atoms with van der Waals surface area (Å²) in [6.45, 7) is 0.617. The lowest BCUT2D eigenvalue weighted by molar-refractivity contribution is -0.131. The number of amides is 2. The molecule has 0 heterocycles. The van der Waals surface area contributed by atoms with Crippen LogP contribution in [0.15, 0.2) is 54.6 Å². The summed E-state index contributed by atoms with van der Waals surface area (Å²) in [6, 6.07) is 14.6. The number of hydrogen-bond acceptors (Lipinski definition) is 5. The van der Waals surface area contributed by atoms with E-state index >= 15 is 0 Å². The van der Waals surface area contributed by atoms with Crippen molar-refractivity contribution >= 4 is 23.4 Å². The standard InChI is InChI=1S/C31H39N3O4/c32-20-22-13-17-25(18-14-22)30(37)34-28(31(38)33-26-9-5-2-6-10-26)29(36)24-15-11-21(12-16-24)19-27(35)23-7-3-1-4-8-23/h1,3-4,7-8,11-12,15-16,22,25-26,28H,2,5-6,9-10,13-14,17-20,32H2,(H,33,38)(H,34,37)/t22?,25?,28-/m0/s1. The normalized spacial score (nSPS) is 20.8. The molecule has 0 aromatic heterocycles. The van der Waals surface area contributed by atoms with E-state index in [2.05, 4.69) is 10.6 Å². The zero-order chi connectivity index (χ0) is 26.9. The molecule has 38 heavy (non-hydrogen) atoms. The van der Waals surface area contributed by atoms with Crippen molar-refractivity contribution in [2.45, 2.75) is 76.3 Å². The number of nitrogens with one attached hydrogen (secondary N) is 2. The van der Waals surface area contributed by atoms with E-state index in [0.29, 0.717) is 36.4 Å². The largest absolute Gasteiger partial charge is 0.351 e. The highest BCUT2D eigenvalue weighted by Crippen LogP contribution is 2.28.